The van der Waals surface area contributed by atoms with Crippen molar-refractivity contribution in [2.45, 2.75) is 27.7 Å². The minimum absolute atomic E-state index is 0.153. The average molecular weight is 157 g/mol. The van der Waals surface area contributed by atoms with E-state index in [1.54, 1.807) is 4.90 Å². The lowest BCUT2D eigenvalue weighted by Gasteiger charge is -2.21. The molecular weight excluding hydrogens is 138 g/mol. The topological polar surface area (TPSA) is 20.3 Å². The predicted octanol–water partition coefficient (Wildman–Crippen LogP) is 1.76. The van der Waals surface area contributed by atoms with Gasteiger partial charge in [-0.05, 0) is 12.8 Å². The van der Waals surface area contributed by atoms with Gasteiger partial charge in [0.15, 0.2) is 0 Å². The molecule has 1 amide bonds. The van der Waals surface area contributed by atoms with Crippen LogP contribution in [0.25, 0.3) is 0 Å². The van der Waals surface area contributed by atoms with Gasteiger partial charge in [0, 0.05) is 19.5 Å². The average Bonchev–Trinajstić information content (AvgIpc) is 2.00. The summed E-state index contributed by atoms with van der Waals surface area (Å²) >= 11 is 0. The summed E-state index contributed by atoms with van der Waals surface area (Å²) in [6.45, 7) is 8.93. The summed E-state index contributed by atoms with van der Waals surface area (Å²) in [6.07, 6.45) is 0. The Balaban J connectivity index is 4.02. The summed E-state index contributed by atoms with van der Waals surface area (Å²) in [4.78, 5) is 13.2. The highest BCUT2D eigenvalue weighted by Crippen LogP contribution is 2.11. The predicted molar refractivity (Wildman–Crippen MR) is 47.3 cm³/mol. The SMILES string of the molecule is CCN(C)C(=O)C(C)C(C)C. The summed E-state index contributed by atoms with van der Waals surface area (Å²) in [7, 11) is 1.85. The van der Waals surface area contributed by atoms with Crippen molar-refractivity contribution in [2.24, 2.45) is 11.8 Å². The van der Waals surface area contributed by atoms with Crippen LogP contribution < -0.4 is 0 Å². The number of hydrogen-bond donors (Lipinski definition) is 0. The zero-order valence-electron chi connectivity index (χ0n) is 8.22. The van der Waals surface area contributed by atoms with Crippen molar-refractivity contribution in [3.8, 4) is 0 Å². The molecule has 0 N–H and O–H groups in total. The second-order valence-corrected chi connectivity index (χ2v) is 3.39. The second-order valence-electron chi connectivity index (χ2n) is 3.39. The van der Waals surface area contributed by atoms with Gasteiger partial charge in [-0.3, -0.25) is 4.79 Å². The van der Waals surface area contributed by atoms with E-state index >= 15 is 0 Å². The third-order valence-corrected chi connectivity index (χ3v) is 2.24. The van der Waals surface area contributed by atoms with Gasteiger partial charge < -0.3 is 4.90 Å². The minimum Gasteiger partial charge on any atom is -0.346 e. The Bertz CT molecular complexity index is 132. The molecule has 0 spiro atoms. The molecule has 0 saturated carbocycles. The first-order valence-corrected chi connectivity index (χ1v) is 4.25. The van der Waals surface area contributed by atoms with Gasteiger partial charge in [-0.25, -0.2) is 0 Å². The van der Waals surface area contributed by atoms with Crippen LogP contribution in [0, 0.1) is 11.8 Å². The highest BCUT2D eigenvalue weighted by molar-refractivity contribution is 5.78. The van der Waals surface area contributed by atoms with Crippen LogP contribution in [-0.2, 0) is 4.79 Å². The van der Waals surface area contributed by atoms with Crippen LogP contribution in [0.5, 0.6) is 0 Å². The maximum absolute atomic E-state index is 11.4. The standard InChI is InChI=1S/C9H19NO/c1-6-10(5)9(11)8(4)7(2)3/h7-8H,6H2,1-5H3. The van der Waals surface area contributed by atoms with Gasteiger partial charge in [-0.1, -0.05) is 20.8 Å². The Labute approximate surface area is 69.6 Å². The largest absolute Gasteiger partial charge is 0.346 e. The van der Waals surface area contributed by atoms with E-state index in [1.807, 2.05) is 20.9 Å². The zero-order valence-corrected chi connectivity index (χ0v) is 8.22. The maximum Gasteiger partial charge on any atom is 0.225 e. The fourth-order valence-electron chi connectivity index (χ4n) is 0.789. The molecule has 1 atom stereocenters. The monoisotopic (exact) mass is 157 g/mol. The van der Waals surface area contributed by atoms with Crippen LogP contribution in [0.15, 0.2) is 0 Å². The third-order valence-electron chi connectivity index (χ3n) is 2.24. The number of amides is 1. The van der Waals surface area contributed by atoms with E-state index in [2.05, 4.69) is 13.8 Å². The number of carbonyl (C=O) groups is 1. The van der Waals surface area contributed by atoms with Crippen LogP contribution in [0.2, 0.25) is 0 Å². The lowest BCUT2D eigenvalue weighted by molar-refractivity contribution is -0.134. The first-order valence-electron chi connectivity index (χ1n) is 4.25. The van der Waals surface area contributed by atoms with Gasteiger partial charge >= 0.3 is 0 Å². The molecule has 0 fully saturated rings. The van der Waals surface area contributed by atoms with Crippen molar-refractivity contribution in [1.29, 1.82) is 0 Å². The van der Waals surface area contributed by atoms with Crippen LogP contribution in [0.1, 0.15) is 27.7 Å². The lowest BCUT2D eigenvalue weighted by atomic mass is 9.97. The van der Waals surface area contributed by atoms with Crippen LogP contribution in [-0.4, -0.2) is 24.4 Å². The number of hydrogen-bond acceptors (Lipinski definition) is 1. The Kier molecular flexibility index (Phi) is 4.16. The van der Waals surface area contributed by atoms with Crippen molar-refractivity contribution in [2.75, 3.05) is 13.6 Å². The van der Waals surface area contributed by atoms with Gasteiger partial charge in [-0.15, -0.1) is 0 Å². The maximum atomic E-state index is 11.4. The molecule has 11 heavy (non-hydrogen) atoms. The van der Waals surface area contributed by atoms with E-state index in [4.69, 9.17) is 0 Å². The van der Waals surface area contributed by atoms with Crippen molar-refractivity contribution >= 4 is 5.91 Å². The van der Waals surface area contributed by atoms with E-state index in [-0.39, 0.29) is 11.8 Å². The van der Waals surface area contributed by atoms with Crippen molar-refractivity contribution in [3.63, 3.8) is 0 Å². The Morgan fingerprint density at radius 3 is 2.09 bits per heavy atom. The minimum atomic E-state index is 0.153. The van der Waals surface area contributed by atoms with Crippen LogP contribution >= 0.6 is 0 Å². The van der Waals surface area contributed by atoms with Crippen molar-refractivity contribution < 1.29 is 4.79 Å². The molecule has 1 unspecified atom stereocenters. The van der Waals surface area contributed by atoms with E-state index in [9.17, 15) is 4.79 Å². The molecule has 0 radical (unpaired) electrons. The number of carbonyl (C=O) groups excluding carboxylic acids is 1. The number of nitrogens with zero attached hydrogens (tertiary/aromatic N) is 1. The van der Waals surface area contributed by atoms with Gasteiger partial charge in [-0.2, -0.15) is 0 Å². The Morgan fingerprint density at radius 2 is 1.82 bits per heavy atom. The fourth-order valence-corrected chi connectivity index (χ4v) is 0.789. The van der Waals surface area contributed by atoms with E-state index in [1.165, 1.54) is 0 Å². The summed E-state index contributed by atoms with van der Waals surface area (Å²) in [5.74, 6) is 0.846. The summed E-state index contributed by atoms with van der Waals surface area (Å²) < 4.78 is 0. The summed E-state index contributed by atoms with van der Waals surface area (Å²) in [5.41, 5.74) is 0. The van der Waals surface area contributed by atoms with Crippen LogP contribution in [0.3, 0.4) is 0 Å². The zero-order chi connectivity index (χ0) is 9.02. The van der Waals surface area contributed by atoms with E-state index in [0.29, 0.717) is 5.92 Å². The first-order chi connectivity index (χ1) is 5.00. The Hall–Kier alpha value is -0.530. The van der Waals surface area contributed by atoms with Crippen molar-refractivity contribution in [3.05, 3.63) is 0 Å². The Morgan fingerprint density at radius 1 is 1.36 bits per heavy atom. The molecule has 0 bridgehead atoms. The van der Waals surface area contributed by atoms with Gasteiger partial charge in [0.25, 0.3) is 0 Å². The second kappa shape index (κ2) is 4.37. The van der Waals surface area contributed by atoms with Gasteiger partial charge in [0.2, 0.25) is 5.91 Å². The molecule has 66 valence electrons. The lowest BCUT2D eigenvalue weighted by Crippen LogP contribution is -2.33. The number of rotatable bonds is 3. The molecule has 0 saturated heterocycles. The normalized spacial score (nSPS) is 13.3. The fraction of sp³-hybridized carbons (Fsp3) is 0.889. The van der Waals surface area contributed by atoms with Gasteiger partial charge in [0.05, 0.1) is 0 Å². The first kappa shape index (κ1) is 10.5. The highest BCUT2D eigenvalue weighted by Gasteiger charge is 2.18. The van der Waals surface area contributed by atoms with E-state index < -0.39 is 0 Å². The van der Waals surface area contributed by atoms with Crippen LogP contribution in [0.4, 0.5) is 0 Å². The summed E-state index contributed by atoms with van der Waals surface area (Å²) in [5, 5.41) is 0. The highest BCUT2D eigenvalue weighted by atomic mass is 16.2. The molecular formula is C9H19NO. The third kappa shape index (κ3) is 2.91. The quantitative estimate of drug-likeness (QED) is 0.611. The molecule has 2 heteroatoms. The van der Waals surface area contributed by atoms with Gasteiger partial charge in [0.1, 0.15) is 0 Å². The molecule has 0 aromatic heterocycles. The smallest absolute Gasteiger partial charge is 0.225 e. The molecule has 0 aromatic carbocycles. The molecule has 0 aliphatic rings. The van der Waals surface area contributed by atoms with Crippen molar-refractivity contribution in [1.82, 2.24) is 4.90 Å². The molecule has 0 aliphatic carbocycles. The molecule has 0 aliphatic heterocycles. The molecule has 0 rings (SSSR count). The molecule has 0 aromatic rings. The molecule has 0 heterocycles. The van der Waals surface area contributed by atoms with E-state index in [0.717, 1.165) is 6.54 Å². The summed E-state index contributed by atoms with van der Waals surface area (Å²) in [6, 6.07) is 0. The molecule has 2 nitrogen and oxygen atoms in total.